The topological polar surface area (TPSA) is 57.8 Å². The van der Waals surface area contributed by atoms with Crippen LogP contribution >= 0.6 is 0 Å². The SMILES string of the molecule is CCC1(O)CN(C(=O)c2cnn3ccccc23)C1. The number of hydrogen-bond donors (Lipinski definition) is 1. The van der Waals surface area contributed by atoms with Gasteiger partial charge in [-0.25, -0.2) is 4.52 Å². The van der Waals surface area contributed by atoms with Crippen LogP contribution in [0.5, 0.6) is 0 Å². The highest BCUT2D eigenvalue weighted by Gasteiger charge is 2.42. The lowest BCUT2D eigenvalue weighted by atomic mass is 9.91. The summed E-state index contributed by atoms with van der Waals surface area (Å²) in [4.78, 5) is 13.9. The largest absolute Gasteiger partial charge is 0.386 e. The summed E-state index contributed by atoms with van der Waals surface area (Å²) in [5.41, 5.74) is 0.696. The molecule has 3 heterocycles. The van der Waals surface area contributed by atoms with E-state index in [0.717, 1.165) is 5.52 Å². The van der Waals surface area contributed by atoms with E-state index in [1.165, 1.54) is 0 Å². The van der Waals surface area contributed by atoms with Crippen molar-refractivity contribution in [3.05, 3.63) is 36.2 Å². The molecule has 0 aliphatic carbocycles. The Labute approximate surface area is 105 Å². The van der Waals surface area contributed by atoms with E-state index in [4.69, 9.17) is 0 Å². The van der Waals surface area contributed by atoms with Crippen molar-refractivity contribution in [2.75, 3.05) is 13.1 Å². The molecule has 0 bridgehead atoms. The Bertz CT molecular complexity index is 599. The van der Waals surface area contributed by atoms with Crippen LogP contribution in [0.1, 0.15) is 23.7 Å². The number of pyridine rings is 1. The van der Waals surface area contributed by atoms with Gasteiger partial charge in [-0.05, 0) is 18.6 Å². The predicted octanol–water partition coefficient (Wildman–Crippen LogP) is 0.931. The van der Waals surface area contributed by atoms with Crippen molar-refractivity contribution in [2.45, 2.75) is 18.9 Å². The summed E-state index contributed by atoms with van der Waals surface area (Å²) in [6, 6.07) is 5.62. The lowest BCUT2D eigenvalue weighted by Gasteiger charge is -2.45. The smallest absolute Gasteiger partial charge is 0.257 e. The van der Waals surface area contributed by atoms with E-state index >= 15 is 0 Å². The lowest BCUT2D eigenvalue weighted by Crippen LogP contribution is -2.63. The summed E-state index contributed by atoms with van der Waals surface area (Å²) in [7, 11) is 0. The summed E-state index contributed by atoms with van der Waals surface area (Å²) in [5.74, 6) is -0.0608. The molecular formula is C13H15N3O2. The van der Waals surface area contributed by atoms with Crippen LogP contribution in [0.25, 0.3) is 5.52 Å². The predicted molar refractivity (Wildman–Crippen MR) is 66.3 cm³/mol. The molecule has 18 heavy (non-hydrogen) atoms. The number of carbonyl (C=O) groups is 1. The molecule has 1 fully saturated rings. The summed E-state index contributed by atoms with van der Waals surface area (Å²) in [5, 5.41) is 14.1. The first kappa shape index (κ1) is 11.2. The maximum Gasteiger partial charge on any atom is 0.257 e. The van der Waals surface area contributed by atoms with Gasteiger partial charge in [0.05, 0.1) is 36.0 Å². The molecule has 5 nitrogen and oxygen atoms in total. The standard InChI is InChI=1S/C13H15N3O2/c1-2-13(18)8-15(9-13)12(17)10-7-14-16-6-4-3-5-11(10)16/h3-7,18H,2,8-9H2,1H3. The molecule has 1 aliphatic heterocycles. The van der Waals surface area contributed by atoms with Crippen LogP contribution in [-0.2, 0) is 0 Å². The van der Waals surface area contributed by atoms with Crippen LogP contribution < -0.4 is 0 Å². The first-order chi connectivity index (χ1) is 8.63. The third kappa shape index (κ3) is 1.59. The van der Waals surface area contributed by atoms with E-state index in [-0.39, 0.29) is 5.91 Å². The van der Waals surface area contributed by atoms with Crippen LogP contribution in [-0.4, -0.2) is 44.2 Å². The van der Waals surface area contributed by atoms with E-state index < -0.39 is 5.60 Å². The number of hydrogen-bond acceptors (Lipinski definition) is 3. The van der Waals surface area contributed by atoms with E-state index in [9.17, 15) is 9.90 Å². The van der Waals surface area contributed by atoms with Gasteiger partial charge in [0.2, 0.25) is 0 Å². The molecule has 5 heteroatoms. The van der Waals surface area contributed by atoms with Gasteiger partial charge in [0, 0.05) is 6.20 Å². The number of amides is 1. The first-order valence-electron chi connectivity index (χ1n) is 6.07. The van der Waals surface area contributed by atoms with Crippen molar-refractivity contribution in [3.63, 3.8) is 0 Å². The zero-order valence-electron chi connectivity index (χ0n) is 10.2. The van der Waals surface area contributed by atoms with E-state index in [1.54, 1.807) is 15.6 Å². The average Bonchev–Trinajstić information content (AvgIpc) is 2.78. The molecule has 1 amide bonds. The van der Waals surface area contributed by atoms with Gasteiger partial charge in [0.15, 0.2) is 0 Å². The fourth-order valence-electron chi connectivity index (χ4n) is 2.30. The van der Waals surface area contributed by atoms with Crippen molar-refractivity contribution >= 4 is 11.4 Å². The summed E-state index contributed by atoms with van der Waals surface area (Å²) >= 11 is 0. The van der Waals surface area contributed by atoms with Crippen molar-refractivity contribution in [3.8, 4) is 0 Å². The Kier molecular flexibility index (Phi) is 2.38. The first-order valence-corrected chi connectivity index (χ1v) is 6.07. The zero-order valence-corrected chi connectivity index (χ0v) is 10.2. The van der Waals surface area contributed by atoms with Crippen molar-refractivity contribution in [2.24, 2.45) is 0 Å². The summed E-state index contributed by atoms with van der Waals surface area (Å²) in [6.07, 6.45) is 4.07. The van der Waals surface area contributed by atoms with Crippen LogP contribution in [0.15, 0.2) is 30.6 Å². The van der Waals surface area contributed by atoms with E-state index in [2.05, 4.69) is 5.10 Å². The molecule has 0 atom stereocenters. The number of carbonyl (C=O) groups excluding carboxylic acids is 1. The minimum Gasteiger partial charge on any atom is -0.386 e. The summed E-state index contributed by atoms with van der Waals surface area (Å²) < 4.78 is 1.68. The average molecular weight is 245 g/mol. The Morgan fingerprint density at radius 1 is 1.50 bits per heavy atom. The molecule has 0 aromatic carbocycles. The lowest BCUT2D eigenvalue weighted by molar-refractivity contribution is -0.0825. The van der Waals surface area contributed by atoms with Crippen LogP contribution in [0, 0.1) is 0 Å². The second-order valence-corrected chi connectivity index (χ2v) is 4.83. The van der Waals surface area contributed by atoms with E-state index in [1.807, 2.05) is 31.3 Å². The second kappa shape index (κ2) is 3.81. The molecule has 0 spiro atoms. The number of aliphatic hydroxyl groups is 1. The highest BCUT2D eigenvalue weighted by atomic mass is 16.3. The molecule has 2 aromatic rings. The molecule has 1 aliphatic rings. The minimum absolute atomic E-state index is 0.0608. The maximum atomic E-state index is 12.3. The van der Waals surface area contributed by atoms with Gasteiger partial charge in [-0.1, -0.05) is 13.0 Å². The van der Waals surface area contributed by atoms with Crippen molar-refractivity contribution < 1.29 is 9.90 Å². The van der Waals surface area contributed by atoms with Crippen LogP contribution in [0.3, 0.4) is 0 Å². The van der Waals surface area contributed by atoms with Crippen molar-refractivity contribution in [1.29, 1.82) is 0 Å². The molecule has 3 rings (SSSR count). The highest BCUT2D eigenvalue weighted by molar-refractivity contribution is 6.01. The molecule has 0 saturated carbocycles. The minimum atomic E-state index is -0.696. The monoisotopic (exact) mass is 245 g/mol. The maximum absolute atomic E-state index is 12.3. The quantitative estimate of drug-likeness (QED) is 0.856. The Morgan fingerprint density at radius 3 is 3.00 bits per heavy atom. The third-order valence-corrected chi connectivity index (χ3v) is 3.57. The molecule has 94 valence electrons. The number of β-amino-alcohol motifs (C(OH)–C–C–N with tert-alkyl or cyclic N) is 1. The van der Waals surface area contributed by atoms with Gasteiger partial charge < -0.3 is 10.0 Å². The Hall–Kier alpha value is -1.88. The molecular weight excluding hydrogens is 230 g/mol. The number of fused-ring (bicyclic) bond motifs is 1. The highest BCUT2D eigenvalue weighted by Crippen LogP contribution is 2.26. The number of aromatic nitrogens is 2. The Balaban J connectivity index is 1.86. The fraction of sp³-hybridized carbons (Fsp3) is 0.385. The molecule has 0 radical (unpaired) electrons. The Morgan fingerprint density at radius 2 is 2.28 bits per heavy atom. The second-order valence-electron chi connectivity index (χ2n) is 4.83. The van der Waals surface area contributed by atoms with Gasteiger partial charge >= 0.3 is 0 Å². The fourth-order valence-corrected chi connectivity index (χ4v) is 2.30. The summed E-state index contributed by atoms with van der Waals surface area (Å²) in [6.45, 7) is 2.75. The van der Waals surface area contributed by atoms with Crippen LogP contribution in [0.2, 0.25) is 0 Å². The van der Waals surface area contributed by atoms with Gasteiger partial charge in [0.1, 0.15) is 0 Å². The third-order valence-electron chi connectivity index (χ3n) is 3.57. The number of likely N-dealkylation sites (tertiary alicyclic amines) is 1. The van der Waals surface area contributed by atoms with E-state index in [0.29, 0.717) is 25.1 Å². The van der Waals surface area contributed by atoms with Gasteiger partial charge in [-0.15, -0.1) is 0 Å². The number of nitrogens with zero attached hydrogens (tertiary/aromatic N) is 3. The normalized spacial score (nSPS) is 17.8. The van der Waals surface area contributed by atoms with Crippen molar-refractivity contribution in [1.82, 2.24) is 14.5 Å². The zero-order chi connectivity index (χ0) is 12.8. The molecule has 0 unspecified atom stereocenters. The van der Waals surface area contributed by atoms with Gasteiger partial charge in [-0.2, -0.15) is 5.10 Å². The molecule has 1 saturated heterocycles. The number of rotatable bonds is 2. The molecule has 2 aromatic heterocycles. The van der Waals surface area contributed by atoms with Crippen LogP contribution in [0.4, 0.5) is 0 Å². The van der Waals surface area contributed by atoms with Gasteiger partial charge in [-0.3, -0.25) is 4.79 Å². The van der Waals surface area contributed by atoms with Gasteiger partial charge in [0.25, 0.3) is 5.91 Å². The molecule has 1 N–H and O–H groups in total.